The van der Waals surface area contributed by atoms with Gasteiger partial charge in [0.15, 0.2) is 0 Å². The molecule has 94 valence electrons. The summed E-state index contributed by atoms with van der Waals surface area (Å²) in [5, 5.41) is 9.07. The SMILES string of the molecule is CCCC(CCC)C(=O)N1CCC(CO)C1. The summed E-state index contributed by atoms with van der Waals surface area (Å²) in [5.74, 6) is 0.847. The molecule has 3 nitrogen and oxygen atoms in total. The van der Waals surface area contributed by atoms with Gasteiger partial charge >= 0.3 is 0 Å². The maximum absolute atomic E-state index is 12.2. The Bertz CT molecular complexity index is 212. The van der Waals surface area contributed by atoms with Gasteiger partial charge in [-0.3, -0.25) is 4.79 Å². The van der Waals surface area contributed by atoms with E-state index in [1.807, 2.05) is 4.90 Å². The van der Waals surface area contributed by atoms with Gasteiger partial charge in [-0.2, -0.15) is 0 Å². The van der Waals surface area contributed by atoms with E-state index in [4.69, 9.17) is 5.11 Å². The lowest BCUT2D eigenvalue weighted by molar-refractivity contribution is -0.135. The van der Waals surface area contributed by atoms with Crippen molar-refractivity contribution in [3.8, 4) is 0 Å². The Balaban J connectivity index is 2.47. The minimum atomic E-state index is 0.215. The molecular formula is C13H25NO2. The molecule has 0 bridgehead atoms. The first-order valence-corrected chi connectivity index (χ1v) is 6.62. The fraction of sp³-hybridized carbons (Fsp3) is 0.923. The highest BCUT2D eigenvalue weighted by Crippen LogP contribution is 2.22. The minimum Gasteiger partial charge on any atom is -0.396 e. The van der Waals surface area contributed by atoms with Gasteiger partial charge < -0.3 is 10.0 Å². The Morgan fingerprint density at radius 3 is 2.44 bits per heavy atom. The Morgan fingerprint density at radius 1 is 1.38 bits per heavy atom. The van der Waals surface area contributed by atoms with Crippen molar-refractivity contribution >= 4 is 5.91 Å². The number of carbonyl (C=O) groups excluding carboxylic acids is 1. The number of aliphatic hydroxyl groups excluding tert-OH is 1. The van der Waals surface area contributed by atoms with Crippen molar-refractivity contribution in [2.75, 3.05) is 19.7 Å². The molecule has 0 aromatic heterocycles. The molecule has 3 heteroatoms. The van der Waals surface area contributed by atoms with Crippen LogP contribution in [0.15, 0.2) is 0 Å². The number of likely N-dealkylation sites (tertiary alicyclic amines) is 1. The summed E-state index contributed by atoms with van der Waals surface area (Å²) in [5.41, 5.74) is 0. The van der Waals surface area contributed by atoms with Gasteiger partial charge in [0.05, 0.1) is 0 Å². The monoisotopic (exact) mass is 227 g/mol. The molecule has 1 unspecified atom stereocenters. The van der Waals surface area contributed by atoms with E-state index in [1.54, 1.807) is 0 Å². The third-order valence-electron chi connectivity index (χ3n) is 3.48. The summed E-state index contributed by atoms with van der Waals surface area (Å²) in [6, 6.07) is 0. The summed E-state index contributed by atoms with van der Waals surface area (Å²) in [4.78, 5) is 14.2. The molecule has 0 aliphatic carbocycles. The first-order valence-electron chi connectivity index (χ1n) is 6.62. The second kappa shape index (κ2) is 6.89. The van der Waals surface area contributed by atoms with Crippen LogP contribution in [-0.2, 0) is 4.79 Å². The van der Waals surface area contributed by atoms with E-state index in [0.717, 1.165) is 45.2 Å². The van der Waals surface area contributed by atoms with Crippen LogP contribution in [0.3, 0.4) is 0 Å². The summed E-state index contributed by atoms with van der Waals surface area (Å²) in [6.07, 6.45) is 5.13. The average Bonchev–Trinajstić information content (AvgIpc) is 2.76. The van der Waals surface area contributed by atoms with Gasteiger partial charge in [0.25, 0.3) is 0 Å². The third-order valence-corrected chi connectivity index (χ3v) is 3.48. The zero-order valence-corrected chi connectivity index (χ0v) is 10.6. The third kappa shape index (κ3) is 3.48. The number of rotatable bonds is 6. The van der Waals surface area contributed by atoms with Gasteiger partial charge in [-0.1, -0.05) is 26.7 Å². The highest BCUT2D eigenvalue weighted by atomic mass is 16.3. The van der Waals surface area contributed by atoms with Crippen LogP contribution in [0.2, 0.25) is 0 Å². The lowest BCUT2D eigenvalue weighted by atomic mass is 9.97. The van der Waals surface area contributed by atoms with Gasteiger partial charge in [-0.25, -0.2) is 0 Å². The average molecular weight is 227 g/mol. The lowest BCUT2D eigenvalue weighted by Gasteiger charge is -2.23. The van der Waals surface area contributed by atoms with Crippen LogP contribution in [0, 0.1) is 11.8 Å². The zero-order chi connectivity index (χ0) is 12.0. The first-order chi connectivity index (χ1) is 7.72. The zero-order valence-electron chi connectivity index (χ0n) is 10.6. The molecule has 1 amide bonds. The summed E-state index contributed by atoms with van der Waals surface area (Å²) in [7, 11) is 0. The summed E-state index contributed by atoms with van der Waals surface area (Å²) in [6.45, 7) is 6.09. The second-order valence-electron chi connectivity index (χ2n) is 4.90. The van der Waals surface area contributed by atoms with Gasteiger partial charge in [-0.15, -0.1) is 0 Å². The molecule has 0 radical (unpaired) electrons. The number of aliphatic hydroxyl groups is 1. The van der Waals surface area contributed by atoms with Gasteiger partial charge in [0, 0.05) is 31.5 Å². The van der Waals surface area contributed by atoms with Crippen LogP contribution >= 0.6 is 0 Å². The smallest absolute Gasteiger partial charge is 0.225 e. The Labute approximate surface area is 98.8 Å². The Kier molecular flexibility index (Phi) is 5.81. The number of nitrogens with zero attached hydrogens (tertiary/aromatic N) is 1. The van der Waals surface area contributed by atoms with E-state index < -0.39 is 0 Å². The molecule has 1 rings (SSSR count). The highest BCUT2D eigenvalue weighted by molar-refractivity contribution is 5.79. The van der Waals surface area contributed by atoms with Crippen molar-refractivity contribution < 1.29 is 9.90 Å². The molecule has 0 spiro atoms. The van der Waals surface area contributed by atoms with Crippen molar-refractivity contribution in [2.24, 2.45) is 11.8 Å². The highest BCUT2D eigenvalue weighted by Gasteiger charge is 2.29. The molecule has 1 aliphatic heterocycles. The van der Waals surface area contributed by atoms with Crippen molar-refractivity contribution in [1.82, 2.24) is 4.90 Å². The van der Waals surface area contributed by atoms with E-state index in [-0.39, 0.29) is 12.5 Å². The maximum Gasteiger partial charge on any atom is 0.225 e. The van der Waals surface area contributed by atoms with Crippen LogP contribution < -0.4 is 0 Å². The minimum absolute atomic E-state index is 0.215. The van der Waals surface area contributed by atoms with E-state index in [9.17, 15) is 4.79 Å². The standard InChI is InChI=1S/C13H25NO2/c1-3-5-12(6-4-2)13(16)14-8-7-11(9-14)10-15/h11-12,15H,3-10H2,1-2H3. The summed E-state index contributed by atoms with van der Waals surface area (Å²) >= 11 is 0. The molecule has 0 aromatic carbocycles. The van der Waals surface area contributed by atoms with E-state index in [1.165, 1.54) is 0 Å². The number of hydrogen-bond donors (Lipinski definition) is 1. The topological polar surface area (TPSA) is 40.5 Å². The molecule has 1 saturated heterocycles. The Hall–Kier alpha value is -0.570. The van der Waals surface area contributed by atoms with E-state index >= 15 is 0 Å². The molecule has 1 N–H and O–H groups in total. The molecule has 16 heavy (non-hydrogen) atoms. The van der Waals surface area contributed by atoms with Crippen LogP contribution in [0.4, 0.5) is 0 Å². The van der Waals surface area contributed by atoms with Gasteiger partial charge in [0.1, 0.15) is 0 Å². The molecular weight excluding hydrogens is 202 g/mol. The summed E-state index contributed by atoms with van der Waals surface area (Å²) < 4.78 is 0. The maximum atomic E-state index is 12.2. The van der Waals surface area contributed by atoms with Crippen LogP contribution in [0.25, 0.3) is 0 Å². The first kappa shape index (κ1) is 13.5. The molecule has 1 heterocycles. The second-order valence-corrected chi connectivity index (χ2v) is 4.90. The van der Waals surface area contributed by atoms with Gasteiger partial charge in [0.2, 0.25) is 5.91 Å². The van der Waals surface area contributed by atoms with Crippen LogP contribution in [0.1, 0.15) is 46.0 Å². The van der Waals surface area contributed by atoms with E-state index in [2.05, 4.69) is 13.8 Å². The van der Waals surface area contributed by atoms with Gasteiger partial charge in [-0.05, 0) is 19.3 Å². The number of amides is 1. The van der Waals surface area contributed by atoms with Crippen molar-refractivity contribution in [3.05, 3.63) is 0 Å². The predicted molar refractivity (Wildman–Crippen MR) is 65.1 cm³/mol. The number of hydrogen-bond acceptors (Lipinski definition) is 2. The van der Waals surface area contributed by atoms with E-state index in [0.29, 0.717) is 11.8 Å². The van der Waals surface area contributed by atoms with Crippen molar-refractivity contribution in [1.29, 1.82) is 0 Å². The quantitative estimate of drug-likeness (QED) is 0.754. The van der Waals surface area contributed by atoms with Crippen LogP contribution in [-0.4, -0.2) is 35.6 Å². The molecule has 1 aliphatic rings. The molecule has 0 saturated carbocycles. The van der Waals surface area contributed by atoms with Crippen LogP contribution in [0.5, 0.6) is 0 Å². The lowest BCUT2D eigenvalue weighted by Crippen LogP contribution is -2.34. The van der Waals surface area contributed by atoms with Crippen molar-refractivity contribution in [3.63, 3.8) is 0 Å². The Morgan fingerprint density at radius 2 is 2.00 bits per heavy atom. The largest absolute Gasteiger partial charge is 0.396 e. The molecule has 0 aromatic rings. The molecule has 1 atom stereocenters. The predicted octanol–water partition coefficient (Wildman–Crippen LogP) is 2.04. The normalized spacial score (nSPS) is 20.8. The number of carbonyl (C=O) groups is 1. The fourth-order valence-electron chi connectivity index (χ4n) is 2.53. The van der Waals surface area contributed by atoms with Crippen molar-refractivity contribution in [2.45, 2.75) is 46.0 Å². The molecule has 1 fully saturated rings. The fourth-order valence-corrected chi connectivity index (χ4v) is 2.53.